The minimum atomic E-state index is -3.67. The lowest BCUT2D eigenvalue weighted by Gasteiger charge is -2.15. The Hall–Kier alpha value is -0.173. The van der Waals surface area contributed by atoms with Gasteiger partial charge in [-0.25, -0.2) is 0 Å². The van der Waals surface area contributed by atoms with Crippen molar-refractivity contribution in [2.24, 2.45) is 0 Å². The third-order valence-corrected chi connectivity index (χ3v) is 3.50. The average molecular weight is 297 g/mol. The molecule has 0 rings (SSSR count). The smallest absolute Gasteiger partial charge is 0.261 e. The van der Waals surface area contributed by atoms with Gasteiger partial charge in [0.25, 0.3) is 10.1 Å². The molecule has 110 valence electrons. The molecule has 6 heteroatoms. The van der Waals surface area contributed by atoms with E-state index in [0.29, 0.717) is 6.26 Å². The summed E-state index contributed by atoms with van der Waals surface area (Å²) in [6, 6.07) is 1.28. The van der Waals surface area contributed by atoms with Gasteiger partial charge in [-0.1, -0.05) is 31.3 Å². The van der Waals surface area contributed by atoms with Crippen LogP contribution in [0.1, 0.15) is 26.7 Å². The summed E-state index contributed by atoms with van der Waals surface area (Å²) >= 11 is 0. The van der Waals surface area contributed by atoms with Gasteiger partial charge in [-0.2, -0.15) is 8.42 Å². The van der Waals surface area contributed by atoms with Crippen molar-refractivity contribution in [2.45, 2.75) is 58.5 Å². The zero-order valence-electron chi connectivity index (χ0n) is 12.4. The molecule has 0 aromatic rings. The third kappa shape index (κ3) is 29.7. The molecule has 0 aliphatic heterocycles. The van der Waals surface area contributed by atoms with E-state index >= 15 is 0 Å². The van der Waals surface area contributed by atoms with Crippen molar-refractivity contribution in [3.8, 4) is 0 Å². The summed E-state index contributed by atoms with van der Waals surface area (Å²) in [7, 11) is -4.59. The fraction of sp³-hybridized carbons (Fsp3) is 0.833. The van der Waals surface area contributed by atoms with Gasteiger partial charge in [0.05, 0.1) is 12.4 Å². The molecule has 18 heavy (non-hydrogen) atoms. The zero-order chi connectivity index (χ0) is 15.0. The molecule has 0 radical (unpaired) electrons. The first-order valence-electron chi connectivity index (χ1n) is 6.07. The van der Waals surface area contributed by atoms with Crippen LogP contribution in [0.2, 0.25) is 25.7 Å². The standard InChI is InChI=1S/C11H24OSi.CH4O3S/c1-10(9-13(3,4)5)7-6-8-11(2)12;1-5(2,3)4/h7,11-12H,6,8-9H2,1-5H3;1H3,(H,2,3,4). The minimum Gasteiger partial charge on any atom is -0.393 e. The van der Waals surface area contributed by atoms with E-state index in [9.17, 15) is 8.42 Å². The van der Waals surface area contributed by atoms with Gasteiger partial charge in [0.15, 0.2) is 0 Å². The van der Waals surface area contributed by atoms with Crippen molar-refractivity contribution in [1.29, 1.82) is 0 Å². The molecule has 0 aliphatic rings. The van der Waals surface area contributed by atoms with E-state index in [1.165, 1.54) is 11.6 Å². The van der Waals surface area contributed by atoms with Crippen molar-refractivity contribution in [3.05, 3.63) is 11.6 Å². The lowest BCUT2D eigenvalue weighted by atomic mass is 10.2. The van der Waals surface area contributed by atoms with Crippen molar-refractivity contribution in [1.82, 2.24) is 0 Å². The summed E-state index contributed by atoms with van der Waals surface area (Å²) in [5.74, 6) is 0. The highest BCUT2D eigenvalue weighted by molar-refractivity contribution is 7.85. The predicted molar refractivity (Wildman–Crippen MR) is 80.3 cm³/mol. The van der Waals surface area contributed by atoms with Gasteiger partial charge in [0.1, 0.15) is 0 Å². The van der Waals surface area contributed by atoms with Gasteiger partial charge in [0.2, 0.25) is 0 Å². The normalized spacial score (nSPS) is 14.8. The Morgan fingerprint density at radius 3 is 2.00 bits per heavy atom. The highest BCUT2D eigenvalue weighted by Gasteiger charge is 2.12. The van der Waals surface area contributed by atoms with E-state index < -0.39 is 18.2 Å². The molecule has 0 heterocycles. The SMILES string of the molecule is CC(=CCCC(C)O)C[Si](C)(C)C.CS(=O)(=O)O. The molecule has 4 nitrogen and oxygen atoms in total. The maximum Gasteiger partial charge on any atom is 0.261 e. The number of hydrogen-bond acceptors (Lipinski definition) is 3. The molecule has 0 aromatic carbocycles. The Balaban J connectivity index is 0. The summed E-state index contributed by atoms with van der Waals surface area (Å²) < 4.78 is 25.9. The fourth-order valence-corrected chi connectivity index (χ4v) is 3.30. The number of hydrogen-bond donors (Lipinski definition) is 2. The Labute approximate surface area is 113 Å². The molecule has 1 atom stereocenters. The van der Waals surface area contributed by atoms with E-state index in [-0.39, 0.29) is 6.10 Å². The second kappa shape index (κ2) is 8.85. The van der Waals surface area contributed by atoms with Crippen LogP contribution in [0.3, 0.4) is 0 Å². The molecule has 0 aromatic heterocycles. The van der Waals surface area contributed by atoms with Crippen LogP contribution in [0.4, 0.5) is 0 Å². The predicted octanol–water partition coefficient (Wildman–Crippen LogP) is 2.94. The van der Waals surface area contributed by atoms with Crippen molar-refractivity contribution < 1.29 is 18.1 Å². The van der Waals surface area contributed by atoms with Crippen LogP contribution in [0.15, 0.2) is 11.6 Å². The monoisotopic (exact) mass is 296 g/mol. The minimum absolute atomic E-state index is 0.157. The summed E-state index contributed by atoms with van der Waals surface area (Å²) in [6.07, 6.45) is 4.76. The van der Waals surface area contributed by atoms with Crippen LogP contribution in [0.25, 0.3) is 0 Å². The lowest BCUT2D eigenvalue weighted by molar-refractivity contribution is 0.186. The van der Waals surface area contributed by atoms with Crippen LogP contribution in [0, 0.1) is 0 Å². The first-order valence-corrected chi connectivity index (χ1v) is 11.6. The Bertz CT molecular complexity index is 332. The Morgan fingerprint density at radius 2 is 1.72 bits per heavy atom. The summed E-state index contributed by atoms with van der Waals surface area (Å²) in [5, 5.41) is 9.08. The largest absolute Gasteiger partial charge is 0.393 e. The molecule has 2 N–H and O–H groups in total. The fourth-order valence-electron chi connectivity index (χ4n) is 1.48. The lowest BCUT2D eigenvalue weighted by Crippen LogP contribution is -2.19. The summed E-state index contributed by atoms with van der Waals surface area (Å²) in [4.78, 5) is 0. The van der Waals surface area contributed by atoms with Gasteiger partial charge >= 0.3 is 0 Å². The summed E-state index contributed by atoms with van der Waals surface area (Å²) in [6.45, 7) is 11.2. The quantitative estimate of drug-likeness (QED) is 0.465. The maximum absolute atomic E-state index is 9.19. The first-order chi connectivity index (χ1) is 7.81. The third-order valence-electron chi connectivity index (χ3n) is 1.89. The van der Waals surface area contributed by atoms with E-state index in [4.69, 9.17) is 9.66 Å². The number of aliphatic hydroxyl groups excluding tert-OH is 1. The molecule has 0 aliphatic carbocycles. The molecular formula is C12H28O4SSi. The Morgan fingerprint density at radius 1 is 1.33 bits per heavy atom. The van der Waals surface area contributed by atoms with Crippen LogP contribution in [0.5, 0.6) is 0 Å². The molecule has 0 spiro atoms. The number of aliphatic hydroxyl groups is 1. The first kappa shape index (κ1) is 20.2. The van der Waals surface area contributed by atoms with Crippen LogP contribution in [-0.4, -0.2) is 38.5 Å². The molecule has 0 amide bonds. The van der Waals surface area contributed by atoms with Gasteiger partial charge in [-0.15, -0.1) is 0 Å². The van der Waals surface area contributed by atoms with Gasteiger partial charge in [-0.3, -0.25) is 4.55 Å². The number of rotatable bonds is 5. The van der Waals surface area contributed by atoms with Crippen molar-refractivity contribution in [3.63, 3.8) is 0 Å². The van der Waals surface area contributed by atoms with E-state index in [1.807, 2.05) is 6.92 Å². The second-order valence-electron chi connectivity index (χ2n) is 5.95. The molecule has 0 saturated heterocycles. The van der Waals surface area contributed by atoms with E-state index in [0.717, 1.165) is 12.8 Å². The van der Waals surface area contributed by atoms with Gasteiger partial charge in [0, 0.05) is 8.07 Å². The second-order valence-corrected chi connectivity index (χ2v) is 12.9. The Kier molecular flexibility index (Phi) is 9.90. The van der Waals surface area contributed by atoms with Gasteiger partial charge in [-0.05, 0) is 32.7 Å². The van der Waals surface area contributed by atoms with Crippen LogP contribution >= 0.6 is 0 Å². The molecule has 0 fully saturated rings. The zero-order valence-corrected chi connectivity index (χ0v) is 14.2. The molecule has 0 saturated carbocycles. The highest BCUT2D eigenvalue weighted by Crippen LogP contribution is 2.16. The highest BCUT2D eigenvalue weighted by atomic mass is 32.2. The van der Waals surface area contributed by atoms with Crippen molar-refractivity contribution in [2.75, 3.05) is 6.26 Å². The maximum atomic E-state index is 9.19. The van der Waals surface area contributed by atoms with Crippen LogP contribution in [-0.2, 0) is 10.1 Å². The van der Waals surface area contributed by atoms with E-state index in [1.54, 1.807) is 0 Å². The van der Waals surface area contributed by atoms with Crippen molar-refractivity contribution >= 4 is 18.2 Å². The number of allylic oxidation sites excluding steroid dienone is 2. The van der Waals surface area contributed by atoms with E-state index in [2.05, 4.69) is 32.6 Å². The average Bonchev–Trinajstić information content (AvgIpc) is 1.95. The van der Waals surface area contributed by atoms with Crippen LogP contribution < -0.4 is 0 Å². The molecule has 0 bridgehead atoms. The molecular weight excluding hydrogens is 268 g/mol. The molecule has 1 unspecified atom stereocenters. The topological polar surface area (TPSA) is 74.6 Å². The summed E-state index contributed by atoms with van der Waals surface area (Å²) in [5.41, 5.74) is 1.50. The van der Waals surface area contributed by atoms with Gasteiger partial charge < -0.3 is 5.11 Å².